The fraction of sp³-hybridized carbons (Fsp3) is 0.0526. The molecule has 0 unspecified atom stereocenters. The Bertz CT molecular complexity index is 1000. The van der Waals surface area contributed by atoms with Crippen LogP contribution in [0.3, 0.4) is 0 Å². The van der Waals surface area contributed by atoms with Gasteiger partial charge in [0.2, 0.25) is 0 Å². The highest BCUT2D eigenvalue weighted by atomic mass is 32.1. The number of carbonyl (C=O) groups excluding carboxylic acids is 1. The van der Waals surface area contributed by atoms with E-state index in [0.29, 0.717) is 11.8 Å². The molecule has 0 N–H and O–H groups in total. The van der Waals surface area contributed by atoms with E-state index in [4.69, 9.17) is 0 Å². The molecule has 1 amide bonds. The Morgan fingerprint density at radius 1 is 1.11 bits per heavy atom. The molecule has 8 heteroatoms. The summed E-state index contributed by atoms with van der Waals surface area (Å²) in [5, 5.41) is 1.87. The third-order valence-corrected chi connectivity index (χ3v) is 4.55. The Balaban J connectivity index is 2.01. The number of benzene rings is 2. The van der Waals surface area contributed by atoms with Crippen LogP contribution in [0, 0.1) is 23.3 Å². The summed E-state index contributed by atoms with van der Waals surface area (Å²) in [6, 6.07) is 9.45. The Kier molecular flexibility index (Phi) is 5.36. The number of halogens is 4. The molecule has 138 valence electrons. The lowest BCUT2D eigenvalue weighted by molar-refractivity contribution is 0.0984. The van der Waals surface area contributed by atoms with Crippen LogP contribution >= 0.6 is 11.3 Å². The van der Waals surface area contributed by atoms with Crippen LogP contribution < -0.4 is 4.90 Å². The van der Waals surface area contributed by atoms with Gasteiger partial charge in [-0.15, -0.1) is 17.9 Å². The molecule has 0 aliphatic rings. The summed E-state index contributed by atoms with van der Waals surface area (Å²) in [6.45, 7) is 3.44. The van der Waals surface area contributed by atoms with Gasteiger partial charge < -0.3 is 0 Å². The van der Waals surface area contributed by atoms with E-state index < -0.39 is 34.7 Å². The first kappa shape index (κ1) is 18.8. The highest BCUT2D eigenvalue weighted by Crippen LogP contribution is 2.29. The monoisotopic (exact) mass is 392 g/mol. The maximum absolute atomic E-state index is 14.0. The predicted molar refractivity (Wildman–Crippen MR) is 95.7 cm³/mol. The largest absolute Gasteiger partial charge is 0.280 e. The number of anilines is 1. The zero-order valence-electron chi connectivity index (χ0n) is 13.8. The number of carbonyl (C=O) groups is 1. The average Bonchev–Trinajstić information content (AvgIpc) is 3.17. The second-order valence-electron chi connectivity index (χ2n) is 5.43. The minimum Gasteiger partial charge on any atom is -0.280 e. The van der Waals surface area contributed by atoms with Crippen LogP contribution in [0.25, 0.3) is 11.3 Å². The first-order valence-corrected chi connectivity index (χ1v) is 8.58. The molecular formula is C19H12F4N2OS. The molecule has 0 aliphatic heterocycles. The summed E-state index contributed by atoms with van der Waals surface area (Å²) in [7, 11) is 0. The van der Waals surface area contributed by atoms with Crippen LogP contribution in [0.5, 0.6) is 0 Å². The van der Waals surface area contributed by atoms with Gasteiger partial charge in [-0.1, -0.05) is 36.4 Å². The van der Waals surface area contributed by atoms with Crippen LogP contribution in [0.15, 0.2) is 54.4 Å². The van der Waals surface area contributed by atoms with Gasteiger partial charge >= 0.3 is 0 Å². The average molecular weight is 392 g/mol. The number of rotatable bonds is 5. The standard InChI is InChI=1S/C19H12F4N2OS/c1-2-8-25(18(26)12-9-13(20)16(22)17(23)15(12)21)19-24-14(10-27-19)11-6-4-3-5-7-11/h2-7,9-10H,1,8H2. The quantitative estimate of drug-likeness (QED) is 0.259. The van der Waals surface area contributed by atoms with Crippen molar-refractivity contribution in [2.24, 2.45) is 0 Å². The molecule has 1 heterocycles. The number of thiazole rings is 1. The van der Waals surface area contributed by atoms with Crippen LogP contribution in [0.1, 0.15) is 10.4 Å². The summed E-state index contributed by atoms with van der Waals surface area (Å²) < 4.78 is 54.1. The van der Waals surface area contributed by atoms with E-state index in [2.05, 4.69) is 11.6 Å². The Morgan fingerprint density at radius 3 is 2.48 bits per heavy atom. The first-order valence-electron chi connectivity index (χ1n) is 7.70. The van der Waals surface area contributed by atoms with E-state index in [0.717, 1.165) is 21.8 Å². The first-order chi connectivity index (χ1) is 12.9. The van der Waals surface area contributed by atoms with Crippen molar-refractivity contribution in [1.29, 1.82) is 0 Å². The molecule has 0 bridgehead atoms. The number of nitrogens with zero attached hydrogens (tertiary/aromatic N) is 2. The number of amides is 1. The zero-order chi connectivity index (χ0) is 19.6. The predicted octanol–water partition coefficient (Wildman–Crippen LogP) is 5.20. The Hall–Kier alpha value is -3.00. The molecule has 0 atom stereocenters. The lowest BCUT2D eigenvalue weighted by atomic mass is 10.1. The molecule has 2 aromatic carbocycles. The van der Waals surface area contributed by atoms with E-state index in [9.17, 15) is 22.4 Å². The third kappa shape index (κ3) is 3.61. The van der Waals surface area contributed by atoms with Gasteiger partial charge in [-0.3, -0.25) is 9.69 Å². The molecule has 0 fully saturated rings. The van der Waals surface area contributed by atoms with Gasteiger partial charge in [0, 0.05) is 17.5 Å². The normalized spacial score (nSPS) is 10.7. The highest BCUT2D eigenvalue weighted by molar-refractivity contribution is 7.14. The van der Waals surface area contributed by atoms with E-state index in [1.54, 1.807) is 5.38 Å². The molecule has 1 aromatic heterocycles. The minimum absolute atomic E-state index is 0.0827. The van der Waals surface area contributed by atoms with Crippen molar-refractivity contribution in [3.8, 4) is 11.3 Å². The fourth-order valence-corrected chi connectivity index (χ4v) is 3.22. The minimum atomic E-state index is -2.04. The molecule has 27 heavy (non-hydrogen) atoms. The van der Waals surface area contributed by atoms with Crippen molar-refractivity contribution in [1.82, 2.24) is 4.98 Å². The van der Waals surface area contributed by atoms with Crippen LogP contribution in [0.2, 0.25) is 0 Å². The summed E-state index contributed by atoms with van der Waals surface area (Å²) in [5.74, 6) is -8.48. The van der Waals surface area contributed by atoms with Crippen molar-refractivity contribution in [2.45, 2.75) is 0 Å². The van der Waals surface area contributed by atoms with Gasteiger partial charge in [-0.25, -0.2) is 22.5 Å². The van der Waals surface area contributed by atoms with Gasteiger partial charge in [0.15, 0.2) is 28.4 Å². The van der Waals surface area contributed by atoms with Crippen molar-refractivity contribution in [3.05, 3.63) is 83.3 Å². The molecular weight excluding hydrogens is 380 g/mol. The zero-order valence-corrected chi connectivity index (χ0v) is 14.6. The topological polar surface area (TPSA) is 33.2 Å². The molecule has 0 saturated heterocycles. The molecule has 0 radical (unpaired) electrons. The summed E-state index contributed by atoms with van der Waals surface area (Å²) in [5.41, 5.74) is 0.454. The van der Waals surface area contributed by atoms with Crippen molar-refractivity contribution in [2.75, 3.05) is 11.4 Å². The van der Waals surface area contributed by atoms with Crippen LogP contribution in [-0.4, -0.2) is 17.4 Å². The lowest BCUT2D eigenvalue weighted by Crippen LogP contribution is -2.32. The second kappa shape index (κ2) is 7.71. The van der Waals surface area contributed by atoms with Crippen molar-refractivity contribution >= 4 is 22.4 Å². The van der Waals surface area contributed by atoms with E-state index in [-0.39, 0.29) is 11.7 Å². The number of hydrogen-bond acceptors (Lipinski definition) is 3. The molecule has 3 nitrogen and oxygen atoms in total. The summed E-state index contributed by atoms with van der Waals surface area (Å²) in [4.78, 5) is 18.0. The smallest absolute Gasteiger partial charge is 0.263 e. The molecule has 3 rings (SSSR count). The number of aromatic nitrogens is 1. The molecule has 3 aromatic rings. The lowest BCUT2D eigenvalue weighted by Gasteiger charge is -2.18. The molecule has 0 saturated carbocycles. The summed E-state index contributed by atoms with van der Waals surface area (Å²) >= 11 is 1.10. The Labute approximate surface area is 156 Å². The Morgan fingerprint density at radius 2 is 1.81 bits per heavy atom. The van der Waals surface area contributed by atoms with Crippen LogP contribution in [0.4, 0.5) is 22.7 Å². The molecule has 0 aliphatic carbocycles. The maximum atomic E-state index is 14.0. The highest BCUT2D eigenvalue weighted by Gasteiger charge is 2.28. The van der Waals surface area contributed by atoms with Gasteiger partial charge in [-0.2, -0.15) is 0 Å². The van der Waals surface area contributed by atoms with Gasteiger partial charge in [0.25, 0.3) is 5.91 Å². The fourth-order valence-electron chi connectivity index (χ4n) is 2.38. The van der Waals surface area contributed by atoms with Gasteiger partial charge in [0.05, 0.1) is 11.3 Å². The van der Waals surface area contributed by atoms with E-state index in [1.165, 1.54) is 6.08 Å². The SMILES string of the molecule is C=CCN(C(=O)c1cc(F)c(F)c(F)c1F)c1nc(-c2ccccc2)cs1. The van der Waals surface area contributed by atoms with Gasteiger partial charge in [-0.05, 0) is 6.07 Å². The van der Waals surface area contributed by atoms with Crippen LogP contribution in [-0.2, 0) is 0 Å². The second-order valence-corrected chi connectivity index (χ2v) is 6.27. The van der Waals surface area contributed by atoms with E-state index in [1.807, 2.05) is 30.3 Å². The number of hydrogen-bond donors (Lipinski definition) is 0. The summed E-state index contributed by atoms with van der Waals surface area (Å²) in [6.07, 6.45) is 1.36. The van der Waals surface area contributed by atoms with Crippen molar-refractivity contribution in [3.63, 3.8) is 0 Å². The van der Waals surface area contributed by atoms with Gasteiger partial charge in [0.1, 0.15) is 0 Å². The molecule has 0 spiro atoms. The maximum Gasteiger partial charge on any atom is 0.263 e. The van der Waals surface area contributed by atoms with E-state index >= 15 is 0 Å². The third-order valence-electron chi connectivity index (χ3n) is 3.68. The van der Waals surface area contributed by atoms with Crippen molar-refractivity contribution < 1.29 is 22.4 Å².